The third-order valence-corrected chi connectivity index (χ3v) is 3.84. The molecule has 1 aromatic heterocycles. The first-order valence-corrected chi connectivity index (χ1v) is 7.74. The summed E-state index contributed by atoms with van der Waals surface area (Å²) >= 11 is 0. The molecule has 0 aliphatic heterocycles. The normalized spacial score (nSPS) is 11.4. The van der Waals surface area contributed by atoms with Gasteiger partial charge in [-0.15, -0.1) is 0 Å². The monoisotopic (exact) mass is 274 g/mol. The van der Waals surface area contributed by atoms with E-state index < -0.39 is 0 Å². The summed E-state index contributed by atoms with van der Waals surface area (Å²) in [7, 11) is 0. The summed E-state index contributed by atoms with van der Waals surface area (Å²) < 4.78 is 7.98. The minimum atomic E-state index is 0.635. The summed E-state index contributed by atoms with van der Waals surface area (Å²) in [6, 6.07) is 9.05. The van der Waals surface area contributed by atoms with Gasteiger partial charge < -0.3 is 14.6 Å². The second-order valence-electron chi connectivity index (χ2n) is 5.10. The average molecular weight is 274 g/mol. The lowest BCUT2D eigenvalue weighted by atomic mass is 10.2. The molecular formula is C17H26N2O. The largest absolute Gasteiger partial charge is 0.493 e. The molecule has 3 nitrogen and oxygen atoms in total. The van der Waals surface area contributed by atoms with E-state index in [0.29, 0.717) is 12.6 Å². The van der Waals surface area contributed by atoms with Crippen molar-refractivity contribution in [2.45, 2.75) is 46.2 Å². The molecule has 3 heteroatoms. The highest BCUT2D eigenvalue weighted by atomic mass is 16.5. The van der Waals surface area contributed by atoms with E-state index in [2.05, 4.69) is 48.1 Å². The molecule has 0 spiro atoms. The fraction of sp³-hybridized carbons (Fsp3) is 0.529. The number of benzene rings is 1. The zero-order valence-electron chi connectivity index (χ0n) is 12.9. The van der Waals surface area contributed by atoms with E-state index in [9.17, 15) is 0 Å². The van der Waals surface area contributed by atoms with E-state index in [0.717, 1.165) is 18.8 Å². The maximum atomic E-state index is 5.68. The van der Waals surface area contributed by atoms with E-state index >= 15 is 0 Å². The van der Waals surface area contributed by atoms with E-state index in [1.807, 2.05) is 13.0 Å². The van der Waals surface area contributed by atoms with Crippen LogP contribution in [0.4, 0.5) is 0 Å². The van der Waals surface area contributed by atoms with Gasteiger partial charge in [0.25, 0.3) is 0 Å². The highest BCUT2D eigenvalue weighted by molar-refractivity contribution is 5.86. The fourth-order valence-electron chi connectivity index (χ4n) is 2.64. The van der Waals surface area contributed by atoms with Gasteiger partial charge in [-0.3, -0.25) is 0 Å². The number of rotatable bonds is 8. The zero-order valence-corrected chi connectivity index (χ0v) is 12.9. The maximum absolute atomic E-state index is 5.68. The van der Waals surface area contributed by atoms with Crippen molar-refractivity contribution in [1.29, 1.82) is 0 Å². The van der Waals surface area contributed by atoms with E-state index in [1.54, 1.807) is 0 Å². The number of ether oxygens (including phenoxy) is 1. The molecule has 1 heterocycles. The first-order chi connectivity index (χ1) is 9.80. The highest BCUT2D eigenvalue weighted by Crippen LogP contribution is 2.26. The topological polar surface area (TPSA) is 26.2 Å². The molecule has 110 valence electrons. The average Bonchev–Trinajstić information content (AvgIpc) is 2.88. The van der Waals surface area contributed by atoms with Crippen molar-refractivity contribution in [1.82, 2.24) is 9.88 Å². The Morgan fingerprint density at radius 2 is 1.95 bits per heavy atom. The number of aromatic nitrogens is 1. The van der Waals surface area contributed by atoms with Gasteiger partial charge in [-0.25, -0.2) is 0 Å². The molecule has 1 aromatic carbocycles. The second kappa shape index (κ2) is 7.34. The Kier molecular flexibility index (Phi) is 5.48. The number of nitrogens with one attached hydrogen (secondary N) is 1. The molecule has 0 aliphatic rings. The standard InChI is InChI=1S/C17H26N2O/c1-4-14(5-2)18-11-13-19-12-10-15-16(19)8-7-9-17(15)20-6-3/h7-10,12,14,18H,4-6,11,13H2,1-3H3. The number of fused-ring (bicyclic) bond motifs is 1. The van der Waals surface area contributed by atoms with Crippen molar-refractivity contribution >= 4 is 10.9 Å². The molecule has 2 aromatic rings. The molecule has 1 N–H and O–H groups in total. The minimum absolute atomic E-state index is 0.635. The van der Waals surface area contributed by atoms with Gasteiger partial charge in [-0.1, -0.05) is 19.9 Å². The molecule has 0 atom stereocenters. The van der Waals surface area contributed by atoms with Gasteiger partial charge in [-0.05, 0) is 38.0 Å². The Labute approximate surface area is 121 Å². The zero-order chi connectivity index (χ0) is 14.4. The van der Waals surface area contributed by atoms with Gasteiger partial charge in [0.05, 0.1) is 12.1 Å². The quantitative estimate of drug-likeness (QED) is 0.792. The van der Waals surface area contributed by atoms with Crippen LogP contribution in [-0.4, -0.2) is 23.8 Å². The Hall–Kier alpha value is -1.48. The summed E-state index contributed by atoms with van der Waals surface area (Å²) in [6.07, 6.45) is 4.54. The van der Waals surface area contributed by atoms with Gasteiger partial charge in [0.15, 0.2) is 0 Å². The van der Waals surface area contributed by atoms with E-state index in [4.69, 9.17) is 4.74 Å². The van der Waals surface area contributed by atoms with Crippen LogP contribution in [-0.2, 0) is 6.54 Å². The number of hydrogen-bond acceptors (Lipinski definition) is 2. The van der Waals surface area contributed by atoms with Crippen LogP contribution in [0.5, 0.6) is 5.75 Å². The van der Waals surface area contributed by atoms with Crippen LogP contribution in [0.1, 0.15) is 33.6 Å². The van der Waals surface area contributed by atoms with Crippen LogP contribution in [0.2, 0.25) is 0 Å². The Bertz CT molecular complexity index is 529. The Morgan fingerprint density at radius 3 is 2.65 bits per heavy atom. The molecule has 0 amide bonds. The predicted molar refractivity (Wildman–Crippen MR) is 85.5 cm³/mol. The van der Waals surface area contributed by atoms with Crippen molar-refractivity contribution in [3.8, 4) is 5.75 Å². The van der Waals surface area contributed by atoms with E-state index in [-0.39, 0.29) is 0 Å². The van der Waals surface area contributed by atoms with Gasteiger partial charge in [-0.2, -0.15) is 0 Å². The van der Waals surface area contributed by atoms with Crippen LogP contribution in [0.15, 0.2) is 30.5 Å². The minimum Gasteiger partial charge on any atom is -0.493 e. The van der Waals surface area contributed by atoms with Crippen LogP contribution in [0.25, 0.3) is 10.9 Å². The van der Waals surface area contributed by atoms with Crippen molar-refractivity contribution < 1.29 is 4.74 Å². The lowest BCUT2D eigenvalue weighted by Gasteiger charge is -2.15. The van der Waals surface area contributed by atoms with Gasteiger partial charge in [0.1, 0.15) is 5.75 Å². The maximum Gasteiger partial charge on any atom is 0.128 e. The third-order valence-electron chi connectivity index (χ3n) is 3.84. The predicted octanol–water partition coefficient (Wildman–Crippen LogP) is 3.82. The SMILES string of the molecule is CCOc1cccc2c1ccn2CCNC(CC)CC. The van der Waals surface area contributed by atoms with E-state index in [1.165, 1.54) is 23.7 Å². The molecule has 0 saturated carbocycles. The summed E-state index contributed by atoms with van der Waals surface area (Å²) in [6.45, 7) is 9.21. The Balaban J connectivity index is 2.06. The van der Waals surface area contributed by atoms with Crippen molar-refractivity contribution in [3.63, 3.8) is 0 Å². The summed E-state index contributed by atoms with van der Waals surface area (Å²) in [4.78, 5) is 0. The molecular weight excluding hydrogens is 248 g/mol. The lowest BCUT2D eigenvalue weighted by Crippen LogP contribution is -2.30. The first kappa shape index (κ1) is 14.9. The van der Waals surface area contributed by atoms with Gasteiger partial charge >= 0.3 is 0 Å². The third kappa shape index (κ3) is 3.34. The molecule has 2 rings (SSSR count). The molecule has 0 radical (unpaired) electrons. The second-order valence-corrected chi connectivity index (χ2v) is 5.10. The van der Waals surface area contributed by atoms with Gasteiger partial charge in [0.2, 0.25) is 0 Å². The van der Waals surface area contributed by atoms with Gasteiger partial charge in [0, 0.05) is 30.7 Å². The van der Waals surface area contributed by atoms with Crippen LogP contribution < -0.4 is 10.1 Å². The smallest absolute Gasteiger partial charge is 0.128 e. The first-order valence-electron chi connectivity index (χ1n) is 7.74. The fourth-order valence-corrected chi connectivity index (χ4v) is 2.64. The molecule has 0 bridgehead atoms. The van der Waals surface area contributed by atoms with Crippen molar-refractivity contribution in [2.75, 3.05) is 13.2 Å². The highest BCUT2D eigenvalue weighted by Gasteiger charge is 2.07. The number of nitrogens with zero attached hydrogens (tertiary/aromatic N) is 1. The van der Waals surface area contributed by atoms with Crippen LogP contribution >= 0.6 is 0 Å². The van der Waals surface area contributed by atoms with Crippen LogP contribution in [0.3, 0.4) is 0 Å². The summed E-state index contributed by atoms with van der Waals surface area (Å²) in [5.41, 5.74) is 1.25. The Morgan fingerprint density at radius 1 is 1.15 bits per heavy atom. The summed E-state index contributed by atoms with van der Waals surface area (Å²) in [5.74, 6) is 0.983. The molecule has 0 unspecified atom stereocenters. The van der Waals surface area contributed by atoms with Crippen molar-refractivity contribution in [2.24, 2.45) is 0 Å². The molecule has 0 saturated heterocycles. The lowest BCUT2D eigenvalue weighted by molar-refractivity contribution is 0.344. The number of hydrogen-bond donors (Lipinski definition) is 1. The van der Waals surface area contributed by atoms with Crippen molar-refractivity contribution in [3.05, 3.63) is 30.5 Å². The molecule has 0 fully saturated rings. The van der Waals surface area contributed by atoms with Crippen LogP contribution in [0, 0.1) is 0 Å². The molecule has 0 aliphatic carbocycles. The molecule has 20 heavy (non-hydrogen) atoms. The summed E-state index contributed by atoms with van der Waals surface area (Å²) in [5, 5.41) is 4.82.